The predicted molar refractivity (Wildman–Crippen MR) is 62.4 cm³/mol. The minimum atomic E-state index is -0.553. The lowest BCUT2D eigenvalue weighted by Crippen LogP contribution is -1.98. The van der Waals surface area contributed by atoms with E-state index in [2.05, 4.69) is 19.9 Å². The molecule has 0 radical (unpaired) electrons. The third kappa shape index (κ3) is 2.76. The van der Waals surface area contributed by atoms with Gasteiger partial charge in [-0.2, -0.15) is 4.39 Å². The first kappa shape index (κ1) is 11.9. The zero-order valence-electron chi connectivity index (χ0n) is 9.73. The van der Waals surface area contributed by atoms with E-state index in [-0.39, 0.29) is 0 Å². The number of halogens is 1. The summed E-state index contributed by atoms with van der Waals surface area (Å²) in [7, 11) is 0. The molecule has 0 amide bonds. The van der Waals surface area contributed by atoms with Crippen molar-refractivity contribution in [1.29, 1.82) is 0 Å². The van der Waals surface area contributed by atoms with E-state index in [1.807, 2.05) is 20.8 Å². The van der Waals surface area contributed by atoms with Crippen molar-refractivity contribution in [2.45, 2.75) is 31.0 Å². The molecule has 0 N–H and O–H groups in total. The standard InChI is InChI=1S/C11H11FN4S/c1-6-7(2)15-11(16-8(6)3)17-10-4-9(12)13-5-14-10/h4-5H,1-3H3. The Kier molecular flexibility index (Phi) is 3.33. The first-order valence-electron chi connectivity index (χ1n) is 5.03. The highest BCUT2D eigenvalue weighted by Crippen LogP contribution is 2.23. The topological polar surface area (TPSA) is 51.6 Å². The maximum atomic E-state index is 12.9. The van der Waals surface area contributed by atoms with Gasteiger partial charge in [0.15, 0.2) is 5.16 Å². The Bertz CT molecular complexity index is 536. The quantitative estimate of drug-likeness (QED) is 0.605. The smallest absolute Gasteiger partial charge is 0.217 e. The molecule has 2 aromatic rings. The molecule has 2 heterocycles. The van der Waals surface area contributed by atoms with Crippen LogP contribution in [0.4, 0.5) is 4.39 Å². The summed E-state index contributed by atoms with van der Waals surface area (Å²) in [6.07, 6.45) is 1.19. The van der Waals surface area contributed by atoms with E-state index in [1.165, 1.54) is 24.2 Å². The highest BCUT2D eigenvalue weighted by Gasteiger charge is 2.07. The molecule has 6 heteroatoms. The molecule has 4 nitrogen and oxygen atoms in total. The van der Waals surface area contributed by atoms with Gasteiger partial charge < -0.3 is 0 Å². The first-order valence-corrected chi connectivity index (χ1v) is 5.85. The second-order valence-electron chi connectivity index (χ2n) is 3.58. The Hall–Kier alpha value is -1.56. The molecule has 0 saturated heterocycles. The van der Waals surface area contributed by atoms with Crippen LogP contribution in [0.25, 0.3) is 0 Å². The number of aryl methyl sites for hydroxylation is 2. The van der Waals surface area contributed by atoms with Gasteiger partial charge in [-0.25, -0.2) is 19.9 Å². The van der Waals surface area contributed by atoms with Crippen LogP contribution in [0.1, 0.15) is 17.0 Å². The lowest BCUT2D eigenvalue weighted by Gasteiger charge is -2.05. The van der Waals surface area contributed by atoms with Gasteiger partial charge in [0.1, 0.15) is 11.4 Å². The van der Waals surface area contributed by atoms with Crippen LogP contribution in [-0.4, -0.2) is 19.9 Å². The molecule has 0 saturated carbocycles. The van der Waals surface area contributed by atoms with E-state index in [0.717, 1.165) is 17.0 Å². The van der Waals surface area contributed by atoms with Gasteiger partial charge in [0.2, 0.25) is 5.95 Å². The van der Waals surface area contributed by atoms with Crippen molar-refractivity contribution in [1.82, 2.24) is 19.9 Å². The average Bonchev–Trinajstić information content (AvgIpc) is 2.26. The van der Waals surface area contributed by atoms with Crippen LogP contribution in [-0.2, 0) is 0 Å². The Morgan fingerprint density at radius 3 is 2.29 bits per heavy atom. The predicted octanol–water partition coefficient (Wildman–Crippen LogP) is 2.48. The monoisotopic (exact) mass is 250 g/mol. The van der Waals surface area contributed by atoms with Crippen molar-refractivity contribution < 1.29 is 4.39 Å². The molecule has 0 bridgehead atoms. The molecule has 0 aliphatic heterocycles. The number of aromatic nitrogens is 4. The summed E-state index contributed by atoms with van der Waals surface area (Å²) in [6, 6.07) is 1.26. The molecule has 0 fully saturated rings. The van der Waals surface area contributed by atoms with Crippen LogP contribution in [0.5, 0.6) is 0 Å². The lowest BCUT2D eigenvalue weighted by atomic mass is 10.2. The van der Waals surface area contributed by atoms with Crippen molar-refractivity contribution >= 4 is 11.8 Å². The minimum Gasteiger partial charge on any atom is -0.229 e. The second kappa shape index (κ2) is 4.75. The Morgan fingerprint density at radius 2 is 1.71 bits per heavy atom. The molecule has 0 aliphatic carbocycles. The maximum Gasteiger partial charge on any atom is 0.217 e. The van der Waals surface area contributed by atoms with Crippen LogP contribution < -0.4 is 0 Å². The van der Waals surface area contributed by atoms with Gasteiger partial charge in [-0.05, 0) is 38.1 Å². The van der Waals surface area contributed by atoms with Gasteiger partial charge in [-0.1, -0.05) is 0 Å². The SMILES string of the molecule is Cc1nc(Sc2cc(F)ncn2)nc(C)c1C. The largest absolute Gasteiger partial charge is 0.229 e. The summed E-state index contributed by atoms with van der Waals surface area (Å²) in [6.45, 7) is 5.83. The highest BCUT2D eigenvalue weighted by atomic mass is 32.2. The first-order chi connectivity index (χ1) is 8.06. The van der Waals surface area contributed by atoms with E-state index >= 15 is 0 Å². The second-order valence-corrected chi connectivity index (χ2v) is 4.57. The average molecular weight is 250 g/mol. The van der Waals surface area contributed by atoms with Crippen LogP contribution in [0.3, 0.4) is 0 Å². The fraction of sp³-hybridized carbons (Fsp3) is 0.273. The number of hydrogen-bond donors (Lipinski definition) is 0. The van der Waals surface area contributed by atoms with Crippen LogP contribution in [0.15, 0.2) is 22.6 Å². The number of hydrogen-bond acceptors (Lipinski definition) is 5. The normalized spacial score (nSPS) is 10.6. The van der Waals surface area contributed by atoms with E-state index in [9.17, 15) is 4.39 Å². The number of rotatable bonds is 2. The fourth-order valence-corrected chi connectivity index (χ4v) is 2.06. The summed E-state index contributed by atoms with van der Waals surface area (Å²) < 4.78 is 12.9. The van der Waals surface area contributed by atoms with E-state index in [0.29, 0.717) is 10.2 Å². The molecule has 0 aliphatic rings. The molecule has 0 spiro atoms. The Balaban J connectivity index is 2.31. The zero-order valence-corrected chi connectivity index (χ0v) is 10.5. The lowest BCUT2D eigenvalue weighted by molar-refractivity contribution is 0.572. The Labute approximate surface area is 103 Å². The van der Waals surface area contributed by atoms with Gasteiger partial charge in [0, 0.05) is 17.5 Å². The molecule has 0 aromatic carbocycles. The van der Waals surface area contributed by atoms with E-state index in [1.54, 1.807) is 0 Å². The third-order valence-electron chi connectivity index (χ3n) is 2.42. The maximum absolute atomic E-state index is 12.9. The van der Waals surface area contributed by atoms with E-state index in [4.69, 9.17) is 0 Å². The Morgan fingerprint density at radius 1 is 1.06 bits per heavy atom. The van der Waals surface area contributed by atoms with Crippen molar-refractivity contribution in [3.63, 3.8) is 0 Å². The summed E-state index contributed by atoms with van der Waals surface area (Å²) in [5.74, 6) is -0.553. The molecule has 0 unspecified atom stereocenters. The van der Waals surface area contributed by atoms with Crippen LogP contribution in [0.2, 0.25) is 0 Å². The molecule has 2 aromatic heterocycles. The summed E-state index contributed by atoms with van der Waals surface area (Å²) in [5.41, 5.74) is 2.92. The molecule has 88 valence electrons. The van der Waals surface area contributed by atoms with Gasteiger partial charge in [-0.3, -0.25) is 0 Å². The van der Waals surface area contributed by atoms with Crippen LogP contribution in [0, 0.1) is 26.7 Å². The molecular formula is C11H11FN4S. The van der Waals surface area contributed by atoms with Gasteiger partial charge in [0.05, 0.1) is 0 Å². The van der Waals surface area contributed by atoms with Crippen molar-refractivity contribution in [2.24, 2.45) is 0 Å². The van der Waals surface area contributed by atoms with E-state index < -0.39 is 5.95 Å². The molecule has 2 rings (SSSR count). The fourth-order valence-electron chi connectivity index (χ4n) is 1.25. The number of nitrogens with zero attached hydrogens (tertiary/aromatic N) is 4. The van der Waals surface area contributed by atoms with Gasteiger partial charge in [-0.15, -0.1) is 0 Å². The molecular weight excluding hydrogens is 239 g/mol. The summed E-state index contributed by atoms with van der Waals surface area (Å²) in [4.78, 5) is 16.0. The van der Waals surface area contributed by atoms with Crippen molar-refractivity contribution in [3.8, 4) is 0 Å². The zero-order chi connectivity index (χ0) is 12.4. The third-order valence-corrected chi connectivity index (χ3v) is 3.21. The molecule has 17 heavy (non-hydrogen) atoms. The highest BCUT2D eigenvalue weighted by molar-refractivity contribution is 7.99. The van der Waals surface area contributed by atoms with Crippen LogP contribution >= 0.6 is 11.8 Å². The van der Waals surface area contributed by atoms with Gasteiger partial charge >= 0.3 is 0 Å². The van der Waals surface area contributed by atoms with Crippen molar-refractivity contribution in [3.05, 3.63) is 35.3 Å². The summed E-state index contributed by atoms with van der Waals surface area (Å²) >= 11 is 1.23. The molecule has 0 atom stereocenters. The van der Waals surface area contributed by atoms with Gasteiger partial charge in [0.25, 0.3) is 0 Å². The minimum absolute atomic E-state index is 0.500. The summed E-state index contributed by atoms with van der Waals surface area (Å²) in [5, 5.41) is 1.07. The van der Waals surface area contributed by atoms with Crippen molar-refractivity contribution in [2.75, 3.05) is 0 Å².